The summed E-state index contributed by atoms with van der Waals surface area (Å²) in [7, 11) is 1.47. The van der Waals surface area contributed by atoms with Crippen LogP contribution in [0.25, 0.3) is 0 Å². The van der Waals surface area contributed by atoms with Crippen LogP contribution in [-0.2, 0) is 4.74 Å². The first-order chi connectivity index (χ1) is 6.72. The van der Waals surface area contributed by atoms with E-state index >= 15 is 0 Å². The quantitative estimate of drug-likeness (QED) is 0.724. The Balaban J connectivity index is 2.44. The smallest absolute Gasteiger partial charge is 0.321 e. The molecule has 1 aromatic rings. The Hall–Kier alpha value is -1.62. The van der Waals surface area contributed by atoms with Crippen LogP contribution < -0.4 is 10.6 Å². The third kappa shape index (κ3) is 3.40. The van der Waals surface area contributed by atoms with E-state index in [1.165, 1.54) is 31.4 Å². The molecule has 0 aliphatic rings. The molecule has 0 heterocycles. The van der Waals surface area contributed by atoms with E-state index in [-0.39, 0.29) is 12.5 Å². The van der Waals surface area contributed by atoms with Crippen LogP contribution in [0.1, 0.15) is 0 Å². The number of rotatable bonds is 3. The predicted molar refractivity (Wildman–Crippen MR) is 50.4 cm³/mol. The summed E-state index contributed by atoms with van der Waals surface area (Å²) in [4.78, 5) is 11.1. The summed E-state index contributed by atoms with van der Waals surface area (Å²) in [6.45, 7) is 0.132. The zero-order chi connectivity index (χ0) is 10.4. The lowest BCUT2D eigenvalue weighted by Crippen LogP contribution is -2.30. The molecule has 1 rings (SSSR count). The number of carbonyl (C=O) groups excluding carboxylic acids is 1. The Morgan fingerprint density at radius 3 is 2.64 bits per heavy atom. The third-order valence-corrected chi connectivity index (χ3v) is 1.48. The molecular weight excluding hydrogens is 187 g/mol. The normalized spacial score (nSPS) is 9.57. The van der Waals surface area contributed by atoms with E-state index in [1.54, 1.807) is 0 Å². The molecular formula is C9H11FN2O2. The number of nitrogens with one attached hydrogen (secondary N) is 2. The number of urea groups is 1. The highest BCUT2D eigenvalue weighted by Crippen LogP contribution is 2.07. The predicted octanol–water partition coefficient (Wildman–Crippen LogP) is 1.55. The second-order valence-electron chi connectivity index (χ2n) is 2.57. The number of anilines is 1. The van der Waals surface area contributed by atoms with Crippen molar-refractivity contribution in [2.24, 2.45) is 0 Å². The van der Waals surface area contributed by atoms with Crippen molar-refractivity contribution in [3.05, 3.63) is 30.1 Å². The Morgan fingerprint density at radius 1 is 1.43 bits per heavy atom. The molecule has 2 amide bonds. The van der Waals surface area contributed by atoms with Crippen LogP contribution in [0.4, 0.5) is 14.9 Å². The molecule has 0 aromatic heterocycles. The van der Waals surface area contributed by atoms with Crippen LogP contribution in [0.15, 0.2) is 24.3 Å². The SMILES string of the molecule is COCNC(=O)Nc1ccc(F)cc1. The van der Waals surface area contributed by atoms with Crippen LogP contribution >= 0.6 is 0 Å². The second-order valence-corrected chi connectivity index (χ2v) is 2.57. The van der Waals surface area contributed by atoms with Gasteiger partial charge in [-0.2, -0.15) is 0 Å². The minimum absolute atomic E-state index is 0.132. The first-order valence-corrected chi connectivity index (χ1v) is 4.01. The number of hydrogen-bond donors (Lipinski definition) is 2. The van der Waals surface area contributed by atoms with Gasteiger partial charge in [0.15, 0.2) is 0 Å². The lowest BCUT2D eigenvalue weighted by atomic mass is 10.3. The lowest BCUT2D eigenvalue weighted by molar-refractivity contribution is 0.177. The number of hydrogen-bond acceptors (Lipinski definition) is 2. The number of carbonyl (C=O) groups is 1. The molecule has 5 heteroatoms. The summed E-state index contributed by atoms with van der Waals surface area (Å²) in [6.07, 6.45) is 0. The zero-order valence-corrected chi connectivity index (χ0v) is 7.71. The van der Waals surface area contributed by atoms with Crippen LogP contribution in [-0.4, -0.2) is 19.9 Å². The van der Waals surface area contributed by atoms with E-state index in [9.17, 15) is 9.18 Å². The minimum Gasteiger partial charge on any atom is -0.364 e. The number of ether oxygens (including phenoxy) is 1. The topological polar surface area (TPSA) is 50.4 Å². The van der Waals surface area contributed by atoms with Crippen molar-refractivity contribution in [1.29, 1.82) is 0 Å². The molecule has 0 bridgehead atoms. The first-order valence-electron chi connectivity index (χ1n) is 4.01. The van der Waals surface area contributed by atoms with Crippen LogP contribution in [0.2, 0.25) is 0 Å². The van der Waals surface area contributed by atoms with Crippen molar-refractivity contribution in [3.8, 4) is 0 Å². The second kappa shape index (κ2) is 5.18. The maximum atomic E-state index is 12.5. The average molecular weight is 198 g/mol. The van der Waals surface area contributed by atoms with Gasteiger partial charge in [-0.1, -0.05) is 0 Å². The molecule has 0 saturated carbocycles. The molecule has 0 unspecified atom stereocenters. The van der Waals surface area contributed by atoms with Gasteiger partial charge in [-0.05, 0) is 24.3 Å². The zero-order valence-electron chi connectivity index (χ0n) is 7.71. The van der Waals surface area contributed by atoms with E-state index in [0.29, 0.717) is 5.69 Å². The van der Waals surface area contributed by atoms with E-state index in [4.69, 9.17) is 0 Å². The molecule has 0 fully saturated rings. The summed E-state index contributed by atoms with van der Waals surface area (Å²) >= 11 is 0. The fraction of sp³-hybridized carbons (Fsp3) is 0.222. The van der Waals surface area contributed by atoms with Gasteiger partial charge in [-0.25, -0.2) is 9.18 Å². The number of benzene rings is 1. The number of halogens is 1. The highest BCUT2D eigenvalue weighted by atomic mass is 19.1. The summed E-state index contributed by atoms with van der Waals surface area (Å²) in [5, 5.41) is 4.94. The molecule has 76 valence electrons. The van der Waals surface area contributed by atoms with Gasteiger partial charge >= 0.3 is 6.03 Å². The standard InChI is InChI=1S/C9H11FN2O2/c1-14-6-11-9(13)12-8-4-2-7(10)3-5-8/h2-5H,6H2,1H3,(H2,11,12,13). The van der Waals surface area contributed by atoms with Crippen molar-refractivity contribution in [3.63, 3.8) is 0 Å². The molecule has 0 saturated heterocycles. The largest absolute Gasteiger partial charge is 0.364 e. The summed E-state index contributed by atoms with van der Waals surface area (Å²) < 4.78 is 17.1. The Morgan fingerprint density at radius 2 is 2.07 bits per heavy atom. The van der Waals surface area contributed by atoms with Gasteiger partial charge in [0.25, 0.3) is 0 Å². The maximum absolute atomic E-state index is 12.5. The van der Waals surface area contributed by atoms with Gasteiger partial charge in [0.05, 0.1) is 0 Å². The Bertz CT molecular complexity index is 300. The number of methoxy groups -OCH3 is 1. The Kier molecular flexibility index (Phi) is 3.87. The molecule has 0 spiro atoms. The lowest BCUT2D eigenvalue weighted by Gasteiger charge is -2.05. The number of amides is 2. The molecule has 0 aliphatic heterocycles. The van der Waals surface area contributed by atoms with Gasteiger partial charge in [0.2, 0.25) is 0 Å². The van der Waals surface area contributed by atoms with Crippen LogP contribution in [0.3, 0.4) is 0 Å². The van der Waals surface area contributed by atoms with Crippen molar-refractivity contribution in [2.45, 2.75) is 0 Å². The Labute approximate surface area is 81.1 Å². The highest BCUT2D eigenvalue weighted by Gasteiger charge is 1.99. The molecule has 0 aliphatic carbocycles. The monoisotopic (exact) mass is 198 g/mol. The fourth-order valence-electron chi connectivity index (χ4n) is 0.846. The molecule has 0 radical (unpaired) electrons. The highest BCUT2D eigenvalue weighted by molar-refractivity contribution is 5.88. The first kappa shape index (κ1) is 10.5. The van der Waals surface area contributed by atoms with Crippen LogP contribution in [0.5, 0.6) is 0 Å². The molecule has 1 aromatic carbocycles. The van der Waals surface area contributed by atoms with Crippen molar-refractivity contribution >= 4 is 11.7 Å². The van der Waals surface area contributed by atoms with Crippen molar-refractivity contribution in [1.82, 2.24) is 5.32 Å². The summed E-state index contributed by atoms with van der Waals surface area (Å²) in [5.41, 5.74) is 0.528. The van der Waals surface area contributed by atoms with Crippen LogP contribution in [0, 0.1) is 5.82 Å². The fourth-order valence-corrected chi connectivity index (χ4v) is 0.846. The summed E-state index contributed by atoms with van der Waals surface area (Å²) in [6, 6.07) is 5.10. The molecule has 2 N–H and O–H groups in total. The molecule has 4 nitrogen and oxygen atoms in total. The van der Waals surface area contributed by atoms with Gasteiger partial charge in [0, 0.05) is 12.8 Å². The van der Waals surface area contributed by atoms with Gasteiger partial charge < -0.3 is 15.4 Å². The van der Waals surface area contributed by atoms with E-state index in [1.807, 2.05) is 0 Å². The van der Waals surface area contributed by atoms with Gasteiger partial charge in [-0.15, -0.1) is 0 Å². The van der Waals surface area contributed by atoms with Crippen molar-refractivity contribution < 1.29 is 13.9 Å². The van der Waals surface area contributed by atoms with Gasteiger partial charge in [0.1, 0.15) is 12.5 Å². The van der Waals surface area contributed by atoms with Gasteiger partial charge in [-0.3, -0.25) is 0 Å². The maximum Gasteiger partial charge on any atom is 0.321 e. The average Bonchev–Trinajstić information content (AvgIpc) is 2.18. The minimum atomic E-state index is -0.390. The van der Waals surface area contributed by atoms with E-state index in [0.717, 1.165) is 0 Å². The summed E-state index contributed by atoms with van der Waals surface area (Å²) in [5.74, 6) is -0.340. The van der Waals surface area contributed by atoms with E-state index < -0.39 is 6.03 Å². The van der Waals surface area contributed by atoms with Crippen molar-refractivity contribution in [2.75, 3.05) is 19.2 Å². The molecule has 0 atom stereocenters. The molecule has 14 heavy (non-hydrogen) atoms. The third-order valence-electron chi connectivity index (χ3n) is 1.48. The van der Waals surface area contributed by atoms with E-state index in [2.05, 4.69) is 15.4 Å².